The van der Waals surface area contributed by atoms with Gasteiger partial charge in [-0.3, -0.25) is 10.1 Å². The lowest BCUT2D eigenvalue weighted by Crippen LogP contribution is -1.93. The number of non-ortho nitro benzene ring substituents is 1. The van der Waals surface area contributed by atoms with Crippen LogP contribution in [-0.4, -0.2) is 11.2 Å². The van der Waals surface area contributed by atoms with E-state index < -0.39 is 4.92 Å². The van der Waals surface area contributed by atoms with Gasteiger partial charge in [0.05, 0.1) is 4.92 Å². The van der Waals surface area contributed by atoms with Crippen LogP contribution in [0.5, 0.6) is 0 Å². The smallest absolute Gasteiger partial charge is 0.269 e. The van der Waals surface area contributed by atoms with Crippen molar-refractivity contribution >= 4 is 12.0 Å². The molecule has 0 atom stereocenters. The quantitative estimate of drug-likeness (QED) is 0.417. The summed E-state index contributed by atoms with van der Waals surface area (Å²) in [5.74, 6) is 0. The fourth-order valence-electron chi connectivity index (χ4n) is 1.29. The van der Waals surface area contributed by atoms with Crippen molar-refractivity contribution in [2.75, 3.05) is 0 Å². The van der Waals surface area contributed by atoms with E-state index in [1.54, 1.807) is 6.07 Å². The molecule has 74 valence electrons. The summed E-state index contributed by atoms with van der Waals surface area (Å²) in [7, 11) is 0. The van der Waals surface area contributed by atoms with E-state index in [2.05, 4.69) is 0 Å². The lowest BCUT2D eigenvalue weighted by atomic mass is 10.0. The molecule has 0 aliphatic carbocycles. The van der Waals surface area contributed by atoms with Crippen molar-refractivity contribution in [1.82, 2.24) is 0 Å². The van der Waals surface area contributed by atoms with E-state index in [0.29, 0.717) is 12.8 Å². The van der Waals surface area contributed by atoms with Crippen LogP contribution in [0, 0.1) is 17.0 Å². The Bertz CT molecular complexity index is 360. The maximum Gasteiger partial charge on any atom is 0.269 e. The molecule has 14 heavy (non-hydrogen) atoms. The van der Waals surface area contributed by atoms with Crippen LogP contribution in [0.4, 0.5) is 5.69 Å². The molecular formula is C10H11NO3. The molecule has 4 nitrogen and oxygen atoms in total. The second kappa shape index (κ2) is 4.50. The number of nitrogens with zero attached hydrogens (tertiary/aromatic N) is 1. The summed E-state index contributed by atoms with van der Waals surface area (Å²) in [4.78, 5) is 20.2. The number of rotatable bonds is 4. The first-order valence-corrected chi connectivity index (χ1v) is 4.32. The monoisotopic (exact) mass is 193 g/mol. The summed E-state index contributed by atoms with van der Waals surface area (Å²) in [6, 6.07) is 4.70. The van der Waals surface area contributed by atoms with Crippen LogP contribution in [0.25, 0.3) is 0 Å². The number of nitro groups is 1. The predicted octanol–water partition coefficient (Wildman–Crippen LogP) is 2.03. The van der Waals surface area contributed by atoms with E-state index in [9.17, 15) is 14.9 Å². The molecule has 0 aliphatic heterocycles. The molecule has 1 aromatic carbocycles. The third-order valence-electron chi connectivity index (χ3n) is 2.07. The van der Waals surface area contributed by atoms with Gasteiger partial charge in [-0.1, -0.05) is 6.07 Å². The second-order valence-corrected chi connectivity index (χ2v) is 3.07. The molecule has 0 fully saturated rings. The number of aryl methyl sites for hydroxylation is 2. The van der Waals surface area contributed by atoms with Crippen LogP contribution in [-0.2, 0) is 11.2 Å². The average molecular weight is 193 g/mol. The first kappa shape index (κ1) is 10.4. The van der Waals surface area contributed by atoms with Gasteiger partial charge in [0.25, 0.3) is 5.69 Å². The predicted molar refractivity (Wildman–Crippen MR) is 52.2 cm³/mol. The summed E-state index contributed by atoms with van der Waals surface area (Å²) < 4.78 is 0. The van der Waals surface area contributed by atoms with Crippen LogP contribution < -0.4 is 0 Å². The molecular weight excluding hydrogens is 182 g/mol. The van der Waals surface area contributed by atoms with Gasteiger partial charge in [0.2, 0.25) is 0 Å². The molecule has 0 spiro atoms. The Morgan fingerprint density at radius 2 is 2.21 bits per heavy atom. The Hall–Kier alpha value is -1.71. The average Bonchev–Trinajstić information content (AvgIpc) is 2.15. The highest BCUT2D eigenvalue weighted by atomic mass is 16.6. The Balaban J connectivity index is 2.89. The van der Waals surface area contributed by atoms with Crippen molar-refractivity contribution in [3.63, 3.8) is 0 Å². The highest BCUT2D eigenvalue weighted by Gasteiger charge is 2.07. The standard InChI is InChI=1S/C10H11NO3/c1-8-7-10(11(13)14)5-4-9(8)3-2-6-12/h4-7H,2-3H2,1H3. The van der Waals surface area contributed by atoms with Gasteiger partial charge in [-0.2, -0.15) is 0 Å². The van der Waals surface area contributed by atoms with E-state index in [1.165, 1.54) is 12.1 Å². The maximum absolute atomic E-state index is 10.4. The first-order valence-electron chi connectivity index (χ1n) is 4.32. The molecule has 0 radical (unpaired) electrons. The molecule has 1 rings (SSSR count). The third kappa shape index (κ3) is 2.39. The van der Waals surface area contributed by atoms with Crippen molar-refractivity contribution in [1.29, 1.82) is 0 Å². The van der Waals surface area contributed by atoms with Crippen LogP contribution in [0.1, 0.15) is 17.5 Å². The summed E-state index contributed by atoms with van der Waals surface area (Å²) >= 11 is 0. The van der Waals surface area contributed by atoms with Gasteiger partial charge >= 0.3 is 0 Å². The number of hydrogen-bond acceptors (Lipinski definition) is 3. The van der Waals surface area contributed by atoms with Crippen LogP contribution in [0.15, 0.2) is 18.2 Å². The normalized spacial score (nSPS) is 9.79. The number of carbonyl (C=O) groups excluding carboxylic acids is 1. The zero-order valence-electron chi connectivity index (χ0n) is 7.90. The highest BCUT2D eigenvalue weighted by molar-refractivity contribution is 5.51. The molecule has 0 saturated carbocycles. The molecule has 0 N–H and O–H groups in total. The molecule has 0 unspecified atom stereocenters. The Kier molecular flexibility index (Phi) is 3.34. The van der Waals surface area contributed by atoms with Crippen molar-refractivity contribution in [2.24, 2.45) is 0 Å². The molecule has 0 amide bonds. The lowest BCUT2D eigenvalue weighted by Gasteiger charge is -2.02. The fraction of sp³-hybridized carbons (Fsp3) is 0.300. The molecule has 1 aromatic rings. The van der Waals surface area contributed by atoms with Crippen LogP contribution in [0.2, 0.25) is 0 Å². The summed E-state index contributed by atoms with van der Waals surface area (Å²) in [5, 5.41) is 10.4. The van der Waals surface area contributed by atoms with Crippen molar-refractivity contribution < 1.29 is 9.72 Å². The number of nitro benzene ring substituents is 1. The topological polar surface area (TPSA) is 60.2 Å². The first-order chi connectivity index (χ1) is 6.65. The summed E-state index contributed by atoms with van der Waals surface area (Å²) in [5.41, 5.74) is 1.95. The maximum atomic E-state index is 10.4. The van der Waals surface area contributed by atoms with Crippen LogP contribution >= 0.6 is 0 Å². The molecule has 0 aromatic heterocycles. The van der Waals surface area contributed by atoms with Gasteiger partial charge in [0.1, 0.15) is 6.29 Å². The van der Waals surface area contributed by atoms with Gasteiger partial charge in [-0.05, 0) is 24.5 Å². The van der Waals surface area contributed by atoms with E-state index in [0.717, 1.165) is 17.4 Å². The van der Waals surface area contributed by atoms with E-state index >= 15 is 0 Å². The van der Waals surface area contributed by atoms with E-state index in [-0.39, 0.29) is 5.69 Å². The molecule has 0 bridgehead atoms. The molecule has 4 heteroatoms. The highest BCUT2D eigenvalue weighted by Crippen LogP contribution is 2.17. The minimum absolute atomic E-state index is 0.0948. The molecule has 0 aliphatic rings. The Morgan fingerprint density at radius 1 is 1.50 bits per heavy atom. The number of hydrogen-bond donors (Lipinski definition) is 0. The largest absolute Gasteiger partial charge is 0.303 e. The number of carbonyl (C=O) groups is 1. The van der Waals surface area contributed by atoms with Gasteiger partial charge < -0.3 is 4.79 Å². The minimum atomic E-state index is -0.420. The Labute approximate surface area is 81.7 Å². The van der Waals surface area contributed by atoms with E-state index in [4.69, 9.17) is 0 Å². The summed E-state index contributed by atoms with van der Waals surface area (Å²) in [6.45, 7) is 1.81. The van der Waals surface area contributed by atoms with Crippen molar-refractivity contribution in [3.8, 4) is 0 Å². The Morgan fingerprint density at radius 3 is 2.71 bits per heavy atom. The zero-order chi connectivity index (χ0) is 10.6. The molecule has 0 heterocycles. The van der Waals surface area contributed by atoms with Crippen molar-refractivity contribution in [3.05, 3.63) is 39.4 Å². The number of aldehydes is 1. The third-order valence-corrected chi connectivity index (χ3v) is 2.07. The van der Waals surface area contributed by atoms with E-state index in [1.807, 2.05) is 6.92 Å². The second-order valence-electron chi connectivity index (χ2n) is 3.07. The van der Waals surface area contributed by atoms with Gasteiger partial charge in [-0.25, -0.2) is 0 Å². The minimum Gasteiger partial charge on any atom is -0.303 e. The van der Waals surface area contributed by atoms with Crippen LogP contribution in [0.3, 0.4) is 0 Å². The zero-order valence-corrected chi connectivity index (χ0v) is 7.90. The van der Waals surface area contributed by atoms with Gasteiger partial charge in [-0.15, -0.1) is 0 Å². The number of benzene rings is 1. The summed E-state index contributed by atoms with van der Waals surface area (Å²) in [6.07, 6.45) is 1.95. The van der Waals surface area contributed by atoms with Crippen molar-refractivity contribution in [2.45, 2.75) is 19.8 Å². The van der Waals surface area contributed by atoms with Gasteiger partial charge in [0.15, 0.2) is 0 Å². The van der Waals surface area contributed by atoms with Gasteiger partial charge in [0, 0.05) is 18.6 Å². The lowest BCUT2D eigenvalue weighted by molar-refractivity contribution is -0.384. The molecule has 0 saturated heterocycles. The SMILES string of the molecule is Cc1cc([N+](=O)[O-])ccc1CCC=O. The fourth-order valence-corrected chi connectivity index (χ4v) is 1.29.